The van der Waals surface area contributed by atoms with E-state index in [-0.39, 0.29) is 71.3 Å². The van der Waals surface area contributed by atoms with Crippen molar-refractivity contribution in [2.24, 2.45) is 5.92 Å². The molecular formula is C29H27F8NO5S2. The molecule has 3 atom stereocenters. The molecule has 2 aromatic rings. The number of amides is 1. The molecule has 3 aliphatic rings. The van der Waals surface area contributed by atoms with Crippen molar-refractivity contribution in [3.8, 4) is 0 Å². The lowest BCUT2D eigenvalue weighted by atomic mass is 9.74. The monoisotopic (exact) mass is 685 g/mol. The van der Waals surface area contributed by atoms with Crippen molar-refractivity contribution in [2.45, 2.75) is 79.2 Å². The van der Waals surface area contributed by atoms with Gasteiger partial charge in [0, 0.05) is 28.8 Å². The van der Waals surface area contributed by atoms with Crippen LogP contribution in [0.15, 0.2) is 57.8 Å². The van der Waals surface area contributed by atoms with Crippen LogP contribution < -0.4 is 5.32 Å². The quantitative estimate of drug-likeness (QED) is 0.293. The zero-order chi connectivity index (χ0) is 33.4. The number of alkyl halides is 7. The molecule has 6 nitrogen and oxygen atoms in total. The second-order valence-electron chi connectivity index (χ2n) is 11.6. The predicted octanol–water partition coefficient (Wildman–Crippen LogP) is 6.11. The molecule has 0 saturated heterocycles. The molecule has 5 rings (SSSR count). The van der Waals surface area contributed by atoms with Crippen LogP contribution in [0.3, 0.4) is 0 Å². The van der Waals surface area contributed by atoms with Gasteiger partial charge in [0.15, 0.2) is 19.7 Å². The highest BCUT2D eigenvalue weighted by Gasteiger charge is 2.73. The van der Waals surface area contributed by atoms with Crippen LogP contribution in [-0.2, 0) is 41.3 Å². The lowest BCUT2D eigenvalue weighted by Gasteiger charge is -2.43. The molecule has 16 heteroatoms. The van der Waals surface area contributed by atoms with E-state index in [1.165, 1.54) is 6.92 Å². The highest BCUT2D eigenvalue weighted by molar-refractivity contribution is 7.95. The maximum atomic E-state index is 15.0. The van der Waals surface area contributed by atoms with Gasteiger partial charge in [0.2, 0.25) is 5.91 Å². The summed E-state index contributed by atoms with van der Waals surface area (Å²) in [6.07, 6.45) is -13.4. The van der Waals surface area contributed by atoms with Crippen LogP contribution in [0, 0.1) is 11.7 Å². The maximum Gasteiger partial charge on any atom is 0.435 e. The van der Waals surface area contributed by atoms with Crippen LogP contribution in [0.5, 0.6) is 0 Å². The Morgan fingerprint density at radius 1 is 0.956 bits per heavy atom. The first-order chi connectivity index (χ1) is 20.7. The van der Waals surface area contributed by atoms with Crippen molar-refractivity contribution in [1.29, 1.82) is 0 Å². The summed E-state index contributed by atoms with van der Waals surface area (Å²) in [5, 5.41) is 2.77. The fourth-order valence-corrected chi connectivity index (χ4v) is 10.9. The van der Waals surface area contributed by atoms with Gasteiger partial charge in [-0.3, -0.25) is 4.79 Å². The van der Waals surface area contributed by atoms with Gasteiger partial charge in [-0.05, 0) is 80.0 Å². The number of carbonyl (C=O) groups is 1. The van der Waals surface area contributed by atoms with Gasteiger partial charge in [-0.25, -0.2) is 25.6 Å². The second kappa shape index (κ2) is 10.8. The second-order valence-corrected chi connectivity index (χ2v) is 16.1. The molecule has 45 heavy (non-hydrogen) atoms. The molecule has 0 unspecified atom stereocenters. The van der Waals surface area contributed by atoms with E-state index in [0.29, 0.717) is 11.6 Å². The molecule has 1 saturated carbocycles. The van der Waals surface area contributed by atoms with Gasteiger partial charge >= 0.3 is 18.0 Å². The molecule has 1 heterocycles. The molecular weight excluding hydrogens is 658 g/mol. The molecule has 1 aliphatic heterocycles. The molecule has 2 aromatic carbocycles. The van der Waals surface area contributed by atoms with Crippen molar-refractivity contribution in [1.82, 2.24) is 5.32 Å². The fourth-order valence-electron chi connectivity index (χ4n) is 7.02. The summed E-state index contributed by atoms with van der Waals surface area (Å²) in [6, 6.07) is 4.37. The van der Waals surface area contributed by atoms with E-state index in [2.05, 4.69) is 5.32 Å². The van der Waals surface area contributed by atoms with Crippen molar-refractivity contribution in [3.63, 3.8) is 0 Å². The van der Waals surface area contributed by atoms with E-state index in [9.17, 15) is 56.8 Å². The first-order valence-corrected chi connectivity index (χ1v) is 17.0. The van der Waals surface area contributed by atoms with Gasteiger partial charge in [0.1, 0.15) is 10.6 Å². The van der Waals surface area contributed by atoms with E-state index < -0.39 is 71.7 Å². The van der Waals surface area contributed by atoms with Crippen molar-refractivity contribution < 1.29 is 56.8 Å². The van der Waals surface area contributed by atoms with Gasteiger partial charge in [-0.15, -0.1) is 0 Å². The smallest absolute Gasteiger partial charge is 0.353 e. The van der Waals surface area contributed by atoms with Gasteiger partial charge in [0.25, 0.3) is 0 Å². The number of fused-ring (bicyclic) bond motifs is 3. The Balaban J connectivity index is 1.59. The summed E-state index contributed by atoms with van der Waals surface area (Å²) < 4.78 is 161. The number of aryl methyl sites for hydroxylation is 1. The number of sulfone groups is 2. The highest BCUT2D eigenvalue weighted by Crippen LogP contribution is 2.59. The van der Waals surface area contributed by atoms with E-state index in [1.807, 2.05) is 0 Å². The number of halogens is 8. The Bertz CT molecular complexity index is 1770. The van der Waals surface area contributed by atoms with Crippen LogP contribution in [0.4, 0.5) is 35.1 Å². The Kier molecular flexibility index (Phi) is 7.99. The molecule has 2 aliphatic carbocycles. The molecule has 0 aromatic heterocycles. The largest absolute Gasteiger partial charge is 0.435 e. The minimum atomic E-state index is -6.37. The van der Waals surface area contributed by atoms with E-state index in [1.54, 1.807) is 0 Å². The highest BCUT2D eigenvalue weighted by atomic mass is 32.2. The van der Waals surface area contributed by atoms with Crippen LogP contribution in [0.2, 0.25) is 0 Å². The summed E-state index contributed by atoms with van der Waals surface area (Å²) in [5.74, 6) is -2.42. The SMILES string of the molecule is CC1=C(CC(=O)N[C@@H]2CC[C@@]3(S(=O)(=O)c4ccc(F)cc4)c4ccc(C(F)(C(F)(F)F)C(F)(F)F)cc4CC[C@@H]23)CCS1(=O)=O. The summed E-state index contributed by atoms with van der Waals surface area (Å²) in [6.45, 7) is 1.39. The molecule has 0 radical (unpaired) electrons. The zero-order valence-electron chi connectivity index (χ0n) is 23.5. The summed E-state index contributed by atoms with van der Waals surface area (Å²) in [5.41, 5.74) is -7.42. The molecule has 246 valence electrons. The van der Waals surface area contributed by atoms with Crippen LogP contribution in [-0.4, -0.2) is 46.9 Å². The van der Waals surface area contributed by atoms with Crippen molar-refractivity contribution in [2.75, 3.05) is 5.75 Å². The Morgan fingerprint density at radius 2 is 1.58 bits per heavy atom. The first-order valence-electron chi connectivity index (χ1n) is 13.8. The summed E-state index contributed by atoms with van der Waals surface area (Å²) in [7, 11) is -8.02. The van der Waals surface area contributed by atoms with Crippen LogP contribution >= 0.6 is 0 Å². The number of nitrogens with one attached hydrogen (secondary N) is 1. The number of carbonyl (C=O) groups excluding carboxylic acids is 1. The van der Waals surface area contributed by atoms with E-state index in [4.69, 9.17) is 0 Å². The van der Waals surface area contributed by atoms with Gasteiger partial charge in [-0.2, -0.15) is 26.3 Å². The standard InChI is InChI=1S/C29H27F8NO5S2/c1-16-17(11-13-44(16,40)41)15-25(39)38-24-10-12-26(45(42,43)21-6-4-20(30)5-7-21)22-9-3-19(14-18(22)2-8-23(24)26)27(31,28(32,33)34)29(35,36)37/h3-7,9,14,23-24H,2,8,10-13,15H2,1H3,(H,38,39)/t23-,24+,26+/m0/s1. The topological polar surface area (TPSA) is 97.4 Å². The lowest BCUT2D eigenvalue weighted by Crippen LogP contribution is -2.51. The zero-order valence-corrected chi connectivity index (χ0v) is 25.2. The number of benzene rings is 2. The fraction of sp³-hybridized carbons (Fsp3) is 0.483. The number of allylic oxidation sites excluding steroid dienone is 1. The van der Waals surface area contributed by atoms with E-state index in [0.717, 1.165) is 30.3 Å². The third kappa shape index (κ3) is 5.15. The van der Waals surface area contributed by atoms with Crippen LogP contribution in [0.1, 0.15) is 55.7 Å². The minimum Gasteiger partial charge on any atom is -0.353 e. The normalized spacial score (nSPS) is 25.2. The third-order valence-electron chi connectivity index (χ3n) is 9.34. The number of hydrogen-bond acceptors (Lipinski definition) is 5. The Hall–Kier alpha value is -3.01. The molecule has 0 bridgehead atoms. The lowest BCUT2D eigenvalue weighted by molar-refractivity contribution is -0.348. The predicted molar refractivity (Wildman–Crippen MR) is 145 cm³/mol. The third-order valence-corrected chi connectivity index (χ3v) is 13.9. The van der Waals surface area contributed by atoms with Gasteiger partial charge < -0.3 is 5.32 Å². The van der Waals surface area contributed by atoms with Crippen LogP contribution in [0.25, 0.3) is 0 Å². The first kappa shape index (κ1) is 33.4. The molecule has 1 fully saturated rings. The number of hydrogen-bond donors (Lipinski definition) is 1. The van der Waals surface area contributed by atoms with E-state index >= 15 is 0 Å². The Morgan fingerprint density at radius 3 is 2.13 bits per heavy atom. The maximum absolute atomic E-state index is 15.0. The average Bonchev–Trinajstić information content (AvgIpc) is 3.44. The molecule has 1 N–H and O–H groups in total. The minimum absolute atomic E-state index is 0.0342. The summed E-state index contributed by atoms with van der Waals surface area (Å²) >= 11 is 0. The number of rotatable bonds is 6. The summed E-state index contributed by atoms with van der Waals surface area (Å²) in [4.78, 5) is 12.8. The van der Waals surface area contributed by atoms with Gasteiger partial charge in [0.05, 0.1) is 10.6 Å². The van der Waals surface area contributed by atoms with Crippen molar-refractivity contribution in [3.05, 3.63) is 75.5 Å². The molecule has 1 amide bonds. The van der Waals surface area contributed by atoms with Gasteiger partial charge in [-0.1, -0.05) is 18.2 Å². The Labute approximate surface area is 253 Å². The average molecular weight is 686 g/mol. The molecule has 0 spiro atoms. The van der Waals surface area contributed by atoms with Crippen molar-refractivity contribution >= 4 is 25.6 Å².